The Kier molecular flexibility index (Phi) is 3.94. The van der Waals surface area contributed by atoms with Gasteiger partial charge >= 0.3 is 0 Å². The lowest BCUT2D eigenvalue weighted by atomic mass is 10.1. The number of phenolic OH excluding ortho intramolecular Hbond substituents is 1. The number of carbonyl (C=O) groups is 2. The second-order valence-electron chi connectivity index (χ2n) is 3.86. The van der Waals surface area contributed by atoms with Gasteiger partial charge in [0.15, 0.2) is 17.4 Å². The van der Waals surface area contributed by atoms with Crippen LogP contribution in [0.25, 0.3) is 0 Å². The molecule has 0 aromatic heterocycles. The summed E-state index contributed by atoms with van der Waals surface area (Å²) in [6, 6.07) is 4.85. The van der Waals surface area contributed by atoms with Crippen LogP contribution in [0.5, 0.6) is 11.5 Å². The number of hydrazone groups is 2. The van der Waals surface area contributed by atoms with Crippen LogP contribution in [0.2, 0.25) is 0 Å². The maximum absolute atomic E-state index is 11.6. The Morgan fingerprint density at radius 3 is 3.05 bits per heavy atom. The fourth-order valence-corrected chi connectivity index (χ4v) is 1.54. The van der Waals surface area contributed by atoms with Gasteiger partial charge in [-0.15, -0.1) is 0 Å². The molecule has 2 amide bonds. The summed E-state index contributed by atoms with van der Waals surface area (Å²) in [5, 5.41) is 16.9. The second-order valence-corrected chi connectivity index (χ2v) is 3.86. The highest BCUT2D eigenvalue weighted by atomic mass is 16.5. The van der Waals surface area contributed by atoms with Crippen molar-refractivity contribution in [2.75, 3.05) is 7.11 Å². The van der Waals surface area contributed by atoms with Crippen molar-refractivity contribution in [3.8, 4) is 11.5 Å². The summed E-state index contributed by atoms with van der Waals surface area (Å²) in [4.78, 5) is 22.8. The zero-order valence-electron chi connectivity index (χ0n) is 10.5. The summed E-state index contributed by atoms with van der Waals surface area (Å²) in [6.07, 6.45) is 2.44. The molecule has 1 aromatic rings. The fourth-order valence-electron chi connectivity index (χ4n) is 1.54. The molecule has 1 unspecified atom stereocenters. The van der Waals surface area contributed by atoms with Gasteiger partial charge < -0.3 is 9.84 Å². The molecule has 3 N–H and O–H groups in total. The topological polar surface area (TPSA) is 112 Å². The van der Waals surface area contributed by atoms with Crippen LogP contribution in [0.4, 0.5) is 0 Å². The van der Waals surface area contributed by atoms with Crippen molar-refractivity contribution in [1.29, 1.82) is 0 Å². The smallest absolute Gasteiger partial charge is 0.258 e. The number of phenols is 1. The molecular weight excluding hydrogens is 264 g/mol. The third-order valence-electron chi connectivity index (χ3n) is 2.59. The number of amides is 2. The van der Waals surface area contributed by atoms with Crippen LogP contribution in [0, 0.1) is 5.92 Å². The van der Waals surface area contributed by atoms with Gasteiger partial charge in [0.05, 0.1) is 13.3 Å². The lowest BCUT2D eigenvalue weighted by Gasteiger charge is -2.05. The Morgan fingerprint density at radius 2 is 2.40 bits per heavy atom. The van der Waals surface area contributed by atoms with E-state index in [9.17, 15) is 14.7 Å². The van der Waals surface area contributed by atoms with E-state index in [1.165, 1.54) is 19.5 Å². The lowest BCUT2D eigenvalue weighted by molar-refractivity contribution is -0.131. The Balaban J connectivity index is 2.02. The van der Waals surface area contributed by atoms with Gasteiger partial charge in [0.2, 0.25) is 0 Å². The van der Waals surface area contributed by atoms with Crippen molar-refractivity contribution < 1.29 is 19.4 Å². The van der Waals surface area contributed by atoms with Crippen molar-refractivity contribution in [1.82, 2.24) is 10.9 Å². The number of rotatable bonds is 4. The molecule has 0 fully saturated rings. The van der Waals surface area contributed by atoms with Crippen molar-refractivity contribution in [2.24, 2.45) is 16.1 Å². The first-order valence-corrected chi connectivity index (χ1v) is 5.65. The average molecular weight is 276 g/mol. The molecular formula is C12H12N4O4. The van der Waals surface area contributed by atoms with Gasteiger partial charge in [-0.25, -0.2) is 10.9 Å². The quantitative estimate of drug-likeness (QED) is 0.394. The summed E-state index contributed by atoms with van der Waals surface area (Å²) in [7, 11) is 1.43. The summed E-state index contributed by atoms with van der Waals surface area (Å²) >= 11 is 0. The predicted octanol–water partition coefficient (Wildman–Crippen LogP) is -0.417. The first kappa shape index (κ1) is 13.5. The number of nitrogens with one attached hydrogen (secondary N) is 2. The highest BCUT2D eigenvalue weighted by Gasteiger charge is 2.28. The fraction of sp³-hybridized carbons (Fsp3) is 0.167. The number of methoxy groups -OCH3 is 1. The molecule has 104 valence electrons. The molecule has 1 aliphatic rings. The molecule has 1 aromatic carbocycles. The maximum Gasteiger partial charge on any atom is 0.258 e. The highest BCUT2D eigenvalue weighted by molar-refractivity contribution is 6.15. The van der Waals surface area contributed by atoms with Crippen LogP contribution in [0.1, 0.15) is 5.56 Å². The van der Waals surface area contributed by atoms with Crippen LogP contribution in [-0.4, -0.2) is 36.5 Å². The molecule has 0 aliphatic carbocycles. The molecule has 1 atom stereocenters. The van der Waals surface area contributed by atoms with Gasteiger partial charge in [0.1, 0.15) is 0 Å². The maximum atomic E-state index is 11.6. The van der Waals surface area contributed by atoms with E-state index >= 15 is 0 Å². The number of hydrogen-bond donors (Lipinski definition) is 3. The molecule has 0 radical (unpaired) electrons. The van der Waals surface area contributed by atoms with E-state index in [2.05, 4.69) is 21.1 Å². The molecule has 2 rings (SSSR count). The van der Waals surface area contributed by atoms with E-state index in [-0.39, 0.29) is 5.75 Å². The van der Waals surface area contributed by atoms with E-state index in [4.69, 9.17) is 4.74 Å². The van der Waals surface area contributed by atoms with Crippen LogP contribution >= 0.6 is 0 Å². The average Bonchev–Trinajstić information content (AvgIpc) is 2.87. The third kappa shape index (κ3) is 2.74. The van der Waals surface area contributed by atoms with Crippen molar-refractivity contribution in [3.63, 3.8) is 0 Å². The summed E-state index contributed by atoms with van der Waals surface area (Å²) in [5.74, 6) is -1.91. The van der Waals surface area contributed by atoms with E-state index in [1.807, 2.05) is 0 Å². The minimum atomic E-state index is -0.994. The van der Waals surface area contributed by atoms with E-state index in [1.54, 1.807) is 18.2 Å². The van der Waals surface area contributed by atoms with Gasteiger partial charge in [0, 0.05) is 11.8 Å². The number of carbonyl (C=O) groups excluding carboxylic acids is 2. The standard InChI is InChI=1S/C12H12N4O4/c1-20-9-4-2-3-7(10(9)17)5-13-15-11(18)8-6-14-16-12(8)19/h2-6,8,17H,1H3,(H,15,18)(H,16,19). The summed E-state index contributed by atoms with van der Waals surface area (Å²) in [5.41, 5.74) is 4.71. The number of para-hydroxylation sites is 1. The first-order valence-electron chi connectivity index (χ1n) is 5.65. The Labute approximate surface area is 114 Å². The van der Waals surface area contributed by atoms with Crippen LogP contribution < -0.4 is 15.6 Å². The molecule has 8 nitrogen and oxygen atoms in total. The van der Waals surface area contributed by atoms with Crippen LogP contribution in [0.3, 0.4) is 0 Å². The van der Waals surface area contributed by atoms with Gasteiger partial charge in [-0.1, -0.05) is 6.07 Å². The monoisotopic (exact) mass is 276 g/mol. The Morgan fingerprint density at radius 1 is 1.60 bits per heavy atom. The lowest BCUT2D eigenvalue weighted by Crippen LogP contribution is -2.34. The van der Waals surface area contributed by atoms with Gasteiger partial charge in [0.25, 0.3) is 11.8 Å². The normalized spacial score (nSPS) is 17.2. The van der Waals surface area contributed by atoms with Gasteiger partial charge in [-0.05, 0) is 12.1 Å². The summed E-state index contributed by atoms with van der Waals surface area (Å²) in [6.45, 7) is 0. The number of nitrogens with zero attached hydrogens (tertiary/aromatic N) is 2. The minimum absolute atomic E-state index is 0.0897. The molecule has 0 saturated heterocycles. The van der Waals surface area contributed by atoms with Gasteiger partial charge in [-0.2, -0.15) is 10.2 Å². The predicted molar refractivity (Wildman–Crippen MR) is 70.5 cm³/mol. The largest absolute Gasteiger partial charge is 0.504 e. The Bertz CT molecular complexity index is 597. The summed E-state index contributed by atoms with van der Waals surface area (Å²) < 4.78 is 4.94. The van der Waals surface area contributed by atoms with Gasteiger partial charge in [-0.3, -0.25) is 9.59 Å². The number of benzene rings is 1. The minimum Gasteiger partial charge on any atom is -0.504 e. The number of aromatic hydroxyl groups is 1. The second kappa shape index (κ2) is 5.83. The molecule has 0 saturated carbocycles. The van der Waals surface area contributed by atoms with Crippen molar-refractivity contribution in [3.05, 3.63) is 23.8 Å². The molecule has 1 heterocycles. The van der Waals surface area contributed by atoms with E-state index in [0.29, 0.717) is 11.3 Å². The van der Waals surface area contributed by atoms with Crippen LogP contribution in [0.15, 0.2) is 28.4 Å². The molecule has 8 heteroatoms. The third-order valence-corrected chi connectivity index (χ3v) is 2.59. The molecule has 0 bridgehead atoms. The Hall–Kier alpha value is -2.90. The SMILES string of the molecule is COc1cccc(C=NNC(=O)C2C=NNC2=O)c1O. The highest BCUT2D eigenvalue weighted by Crippen LogP contribution is 2.27. The van der Waals surface area contributed by atoms with E-state index in [0.717, 1.165) is 0 Å². The number of ether oxygens (including phenoxy) is 1. The number of hydrogen-bond acceptors (Lipinski definition) is 6. The zero-order valence-corrected chi connectivity index (χ0v) is 10.5. The molecule has 20 heavy (non-hydrogen) atoms. The molecule has 1 aliphatic heterocycles. The van der Waals surface area contributed by atoms with Crippen molar-refractivity contribution in [2.45, 2.75) is 0 Å². The zero-order chi connectivity index (χ0) is 14.5. The van der Waals surface area contributed by atoms with Crippen LogP contribution in [-0.2, 0) is 9.59 Å². The van der Waals surface area contributed by atoms with Crippen molar-refractivity contribution >= 4 is 24.2 Å². The molecule has 0 spiro atoms. The first-order chi connectivity index (χ1) is 9.63. The van der Waals surface area contributed by atoms with E-state index < -0.39 is 17.7 Å².